The molecule has 0 aliphatic rings. The molecule has 2 aromatic rings. The highest BCUT2D eigenvalue weighted by atomic mass is 127. The van der Waals surface area contributed by atoms with Gasteiger partial charge in [0, 0.05) is 33.9 Å². The highest BCUT2D eigenvalue weighted by molar-refractivity contribution is 14.0. The van der Waals surface area contributed by atoms with Crippen molar-refractivity contribution in [2.45, 2.75) is 26.2 Å². The Morgan fingerprint density at radius 2 is 1.88 bits per heavy atom. The Bertz CT molecular complexity index is 633. The van der Waals surface area contributed by atoms with Gasteiger partial charge in [-0.05, 0) is 29.7 Å². The summed E-state index contributed by atoms with van der Waals surface area (Å²) in [6, 6.07) is 12.0. The van der Waals surface area contributed by atoms with E-state index in [1.807, 2.05) is 24.3 Å². The quantitative estimate of drug-likeness (QED) is 0.240. The van der Waals surface area contributed by atoms with Gasteiger partial charge in [-0.3, -0.25) is 4.99 Å². The molecule has 0 saturated heterocycles. The maximum Gasteiger partial charge on any atom is 0.191 e. The van der Waals surface area contributed by atoms with E-state index in [-0.39, 0.29) is 24.0 Å². The molecule has 0 spiro atoms. The van der Waals surface area contributed by atoms with Crippen LogP contribution in [0.3, 0.4) is 0 Å². The van der Waals surface area contributed by atoms with Crippen molar-refractivity contribution in [3.63, 3.8) is 0 Å². The summed E-state index contributed by atoms with van der Waals surface area (Å²) >= 11 is 0. The number of hydrogen-bond acceptors (Lipinski definition) is 4. The normalized spacial score (nSPS) is 11.1. The Kier molecular flexibility index (Phi) is 11.7. The molecular weight excluding hydrogens is 445 g/mol. The molecule has 1 aromatic carbocycles. The number of guanidine groups is 1. The highest BCUT2D eigenvalue weighted by Gasteiger charge is 2.03. The topological polar surface area (TPSA) is 68.0 Å². The van der Waals surface area contributed by atoms with E-state index < -0.39 is 0 Å². The molecule has 0 bridgehead atoms. The van der Waals surface area contributed by atoms with E-state index in [0.29, 0.717) is 26.4 Å². The molecular formula is C19H28IN3O3. The molecule has 26 heavy (non-hydrogen) atoms. The third-order valence-electron chi connectivity index (χ3n) is 3.67. The SMILES string of the molecule is CN=C(NCCCOCc1ccco1)NCc1ccccc1COC.I. The number of furan rings is 1. The molecule has 1 heterocycles. The number of nitrogens with one attached hydrogen (secondary N) is 2. The minimum atomic E-state index is 0. The third kappa shape index (κ3) is 8.20. The molecule has 0 fully saturated rings. The second kappa shape index (κ2) is 13.6. The molecule has 6 nitrogen and oxygen atoms in total. The molecule has 0 aliphatic heterocycles. The largest absolute Gasteiger partial charge is 0.467 e. The van der Waals surface area contributed by atoms with Gasteiger partial charge in [0.15, 0.2) is 5.96 Å². The van der Waals surface area contributed by atoms with E-state index >= 15 is 0 Å². The van der Waals surface area contributed by atoms with Crippen LogP contribution in [-0.4, -0.2) is 33.3 Å². The van der Waals surface area contributed by atoms with Gasteiger partial charge in [0.25, 0.3) is 0 Å². The van der Waals surface area contributed by atoms with Crippen LogP contribution in [0.25, 0.3) is 0 Å². The summed E-state index contributed by atoms with van der Waals surface area (Å²) in [5.41, 5.74) is 2.38. The number of methoxy groups -OCH3 is 1. The Labute approximate surface area is 172 Å². The van der Waals surface area contributed by atoms with Crippen LogP contribution >= 0.6 is 24.0 Å². The molecule has 0 atom stereocenters. The number of rotatable bonds is 10. The van der Waals surface area contributed by atoms with Crippen molar-refractivity contribution in [3.8, 4) is 0 Å². The van der Waals surface area contributed by atoms with E-state index in [1.165, 1.54) is 11.1 Å². The van der Waals surface area contributed by atoms with E-state index in [0.717, 1.165) is 24.7 Å². The molecule has 7 heteroatoms. The Hall–Kier alpha value is -1.58. The van der Waals surface area contributed by atoms with Crippen LogP contribution in [0.4, 0.5) is 0 Å². The first-order valence-corrected chi connectivity index (χ1v) is 8.44. The summed E-state index contributed by atoms with van der Waals surface area (Å²) in [4.78, 5) is 4.24. The lowest BCUT2D eigenvalue weighted by Gasteiger charge is -2.14. The average Bonchev–Trinajstić information content (AvgIpc) is 3.15. The van der Waals surface area contributed by atoms with Gasteiger partial charge in [0.2, 0.25) is 0 Å². The van der Waals surface area contributed by atoms with E-state index in [1.54, 1.807) is 20.4 Å². The predicted octanol–water partition coefficient (Wildman–Crippen LogP) is 3.32. The van der Waals surface area contributed by atoms with Crippen LogP contribution in [-0.2, 0) is 29.2 Å². The van der Waals surface area contributed by atoms with Crippen molar-refractivity contribution >= 4 is 29.9 Å². The van der Waals surface area contributed by atoms with Crippen LogP contribution in [0.1, 0.15) is 23.3 Å². The molecule has 0 unspecified atom stereocenters. The van der Waals surface area contributed by atoms with E-state index in [9.17, 15) is 0 Å². The molecule has 0 aliphatic carbocycles. The predicted molar refractivity (Wildman–Crippen MR) is 114 cm³/mol. The first-order chi connectivity index (χ1) is 12.3. The van der Waals surface area contributed by atoms with Crippen molar-refractivity contribution < 1.29 is 13.9 Å². The number of nitrogens with zero attached hydrogens (tertiary/aromatic N) is 1. The first-order valence-electron chi connectivity index (χ1n) is 8.44. The summed E-state index contributed by atoms with van der Waals surface area (Å²) in [7, 11) is 3.47. The van der Waals surface area contributed by atoms with Gasteiger partial charge in [0.1, 0.15) is 12.4 Å². The maximum atomic E-state index is 5.56. The van der Waals surface area contributed by atoms with Gasteiger partial charge in [-0.2, -0.15) is 0 Å². The Morgan fingerprint density at radius 3 is 2.58 bits per heavy atom. The van der Waals surface area contributed by atoms with Crippen molar-refractivity contribution in [2.24, 2.45) is 4.99 Å². The summed E-state index contributed by atoms with van der Waals surface area (Å²) in [5, 5.41) is 6.61. The fraction of sp³-hybridized carbons (Fsp3) is 0.421. The fourth-order valence-corrected chi connectivity index (χ4v) is 2.37. The lowest BCUT2D eigenvalue weighted by molar-refractivity contribution is 0.105. The third-order valence-corrected chi connectivity index (χ3v) is 3.67. The van der Waals surface area contributed by atoms with Crippen molar-refractivity contribution in [3.05, 3.63) is 59.5 Å². The number of ether oxygens (including phenoxy) is 2. The number of hydrogen-bond donors (Lipinski definition) is 2. The van der Waals surface area contributed by atoms with Crippen LogP contribution in [0, 0.1) is 0 Å². The maximum absolute atomic E-state index is 5.56. The zero-order chi connectivity index (χ0) is 17.7. The van der Waals surface area contributed by atoms with Gasteiger partial charge in [0.05, 0.1) is 12.9 Å². The lowest BCUT2D eigenvalue weighted by atomic mass is 10.1. The monoisotopic (exact) mass is 473 g/mol. The second-order valence-electron chi connectivity index (χ2n) is 5.54. The zero-order valence-corrected chi connectivity index (χ0v) is 17.7. The van der Waals surface area contributed by atoms with Crippen LogP contribution in [0.5, 0.6) is 0 Å². The van der Waals surface area contributed by atoms with Gasteiger partial charge < -0.3 is 24.5 Å². The Balaban J connectivity index is 0.00000338. The molecule has 0 radical (unpaired) electrons. The molecule has 2 rings (SSSR count). The summed E-state index contributed by atoms with van der Waals surface area (Å²) < 4.78 is 16.0. The zero-order valence-electron chi connectivity index (χ0n) is 15.4. The van der Waals surface area contributed by atoms with E-state index in [2.05, 4.69) is 27.8 Å². The van der Waals surface area contributed by atoms with Gasteiger partial charge >= 0.3 is 0 Å². The summed E-state index contributed by atoms with van der Waals surface area (Å²) in [6.07, 6.45) is 2.54. The first kappa shape index (κ1) is 22.5. The molecule has 144 valence electrons. The van der Waals surface area contributed by atoms with Gasteiger partial charge in [-0.15, -0.1) is 24.0 Å². The number of benzene rings is 1. The minimum Gasteiger partial charge on any atom is -0.467 e. The standard InChI is InChI=1S/C19H27N3O3.HI/c1-20-19(21-10-6-11-24-15-18-9-5-12-25-18)22-13-16-7-3-4-8-17(16)14-23-2;/h3-5,7-9,12H,6,10-11,13-15H2,1-2H3,(H2,20,21,22);1H. The van der Waals surface area contributed by atoms with Gasteiger partial charge in [-0.25, -0.2) is 0 Å². The van der Waals surface area contributed by atoms with Crippen LogP contribution < -0.4 is 10.6 Å². The molecule has 0 amide bonds. The van der Waals surface area contributed by atoms with Crippen molar-refractivity contribution in [2.75, 3.05) is 27.3 Å². The lowest BCUT2D eigenvalue weighted by Crippen LogP contribution is -2.37. The number of aliphatic imine (C=N–C) groups is 1. The smallest absolute Gasteiger partial charge is 0.191 e. The molecule has 1 aromatic heterocycles. The second-order valence-corrected chi connectivity index (χ2v) is 5.54. The summed E-state index contributed by atoms with van der Waals surface area (Å²) in [5.74, 6) is 1.62. The summed E-state index contributed by atoms with van der Waals surface area (Å²) in [6.45, 7) is 3.28. The van der Waals surface area contributed by atoms with Gasteiger partial charge in [-0.1, -0.05) is 24.3 Å². The minimum absolute atomic E-state index is 0. The van der Waals surface area contributed by atoms with Crippen LogP contribution in [0.15, 0.2) is 52.1 Å². The Morgan fingerprint density at radius 1 is 1.08 bits per heavy atom. The molecule has 2 N–H and O–H groups in total. The van der Waals surface area contributed by atoms with Crippen LogP contribution in [0.2, 0.25) is 0 Å². The fourth-order valence-electron chi connectivity index (χ4n) is 2.37. The van der Waals surface area contributed by atoms with Crippen molar-refractivity contribution in [1.29, 1.82) is 0 Å². The molecule has 0 saturated carbocycles. The highest BCUT2D eigenvalue weighted by Crippen LogP contribution is 2.09. The van der Waals surface area contributed by atoms with Crippen molar-refractivity contribution in [1.82, 2.24) is 10.6 Å². The number of halogens is 1. The van der Waals surface area contributed by atoms with E-state index in [4.69, 9.17) is 13.9 Å². The average molecular weight is 473 g/mol.